The molecule has 0 aliphatic heterocycles. The Morgan fingerprint density at radius 3 is 2.32 bits per heavy atom. The third-order valence-electron chi connectivity index (χ3n) is 3.42. The van der Waals surface area contributed by atoms with Gasteiger partial charge in [-0.3, -0.25) is 0 Å². The van der Waals surface area contributed by atoms with Gasteiger partial charge < -0.3 is 14.8 Å². The summed E-state index contributed by atoms with van der Waals surface area (Å²) in [6.45, 7) is 5.56. The van der Waals surface area contributed by atoms with Crippen LogP contribution in [0.5, 0.6) is 11.8 Å². The summed E-state index contributed by atoms with van der Waals surface area (Å²) in [5, 5.41) is 3.53. The molecular formula is C17H23N3O2. The van der Waals surface area contributed by atoms with Crippen molar-refractivity contribution in [2.45, 2.75) is 32.9 Å². The lowest BCUT2D eigenvalue weighted by atomic mass is 10.0. The predicted molar refractivity (Wildman–Crippen MR) is 86.1 cm³/mol. The molecule has 0 amide bonds. The highest BCUT2D eigenvalue weighted by atomic mass is 16.5. The lowest BCUT2D eigenvalue weighted by Crippen LogP contribution is -2.20. The number of benzene rings is 1. The SMILES string of the molecule is CCOc1ccc(C(CC)NCc2cnc(OC)nc2)cc1. The summed E-state index contributed by atoms with van der Waals surface area (Å²) in [6.07, 6.45) is 4.57. The summed E-state index contributed by atoms with van der Waals surface area (Å²) >= 11 is 0. The van der Waals surface area contributed by atoms with Crippen LogP contribution >= 0.6 is 0 Å². The second-order valence-corrected chi connectivity index (χ2v) is 4.92. The Morgan fingerprint density at radius 2 is 1.77 bits per heavy atom. The van der Waals surface area contributed by atoms with Crippen molar-refractivity contribution in [3.8, 4) is 11.8 Å². The molecule has 2 rings (SSSR count). The van der Waals surface area contributed by atoms with Gasteiger partial charge in [0.05, 0.1) is 13.7 Å². The first-order chi connectivity index (χ1) is 10.8. The minimum Gasteiger partial charge on any atom is -0.494 e. The topological polar surface area (TPSA) is 56.3 Å². The number of rotatable bonds is 8. The molecule has 1 aromatic heterocycles. The van der Waals surface area contributed by atoms with Crippen LogP contribution < -0.4 is 14.8 Å². The summed E-state index contributed by atoms with van der Waals surface area (Å²) < 4.78 is 10.4. The highest BCUT2D eigenvalue weighted by molar-refractivity contribution is 5.29. The minimum atomic E-state index is 0.290. The Bertz CT molecular complexity index is 555. The molecule has 1 atom stereocenters. The molecule has 5 heteroatoms. The summed E-state index contributed by atoms with van der Waals surface area (Å²) in [4.78, 5) is 8.23. The van der Waals surface area contributed by atoms with E-state index in [1.807, 2.05) is 19.1 Å². The van der Waals surface area contributed by atoms with E-state index in [4.69, 9.17) is 9.47 Å². The Labute approximate surface area is 131 Å². The van der Waals surface area contributed by atoms with E-state index in [1.165, 1.54) is 5.56 Å². The molecule has 1 N–H and O–H groups in total. The van der Waals surface area contributed by atoms with Gasteiger partial charge in [0.2, 0.25) is 0 Å². The van der Waals surface area contributed by atoms with Crippen molar-refractivity contribution in [3.05, 3.63) is 47.8 Å². The highest BCUT2D eigenvalue weighted by Gasteiger charge is 2.09. The average Bonchev–Trinajstić information content (AvgIpc) is 2.57. The smallest absolute Gasteiger partial charge is 0.316 e. The van der Waals surface area contributed by atoms with Crippen LogP contribution in [0.1, 0.15) is 37.4 Å². The van der Waals surface area contributed by atoms with Crippen LogP contribution in [-0.2, 0) is 6.54 Å². The molecule has 0 aliphatic rings. The van der Waals surface area contributed by atoms with Gasteiger partial charge in [0.1, 0.15) is 5.75 Å². The fourth-order valence-electron chi connectivity index (χ4n) is 2.24. The third-order valence-corrected chi connectivity index (χ3v) is 3.42. The first-order valence-corrected chi connectivity index (χ1v) is 7.57. The van der Waals surface area contributed by atoms with Gasteiger partial charge in [0, 0.05) is 30.5 Å². The molecule has 2 aromatic rings. The standard InChI is InChI=1S/C17H23N3O2/c1-4-16(14-6-8-15(9-7-14)22-5-2)18-10-13-11-19-17(21-3)20-12-13/h6-9,11-12,16,18H,4-5,10H2,1-3H3. The molecule has 0 spiro atoms. The molecule has 22 heavy (non-hydrogen) atoms. The fourth-order valence-corrected chi connectivity index (χ4v) is 2.24. The number of hydrogen-bond donors (Lipinski definition) is 1. The first kappa shape index (κ1) is 16.2. The first-order valence-electron chi connectivity index (χ1n) is 7.57. The van der Waals surface area contributed by atoms with Gasteiger partial charge in [0.15, 0.2) is 0 Å². The molecule has 1 aromatic carbocycles. The van der Waals surface area contributed by atoms with Crippen LogP contribution in [0.25, 0.3) is 0 Å². The molecular weight excluding hydrogens is 278 g/mol. The average molecular weight is 301 g/mol. The van der Waals surface area contributed by atoms with E-state index in [0.29, 0.717) is 12.6 Å². The van der Waals surface area contributed by atoms with Crippen LogP contribution in [-0.4, -0.2) is 23.7 Å². The van der Waals surface area contributed by atoms with Crippen molar-refractivity contribution in [2.75, 3.05) is 13.7 Å². The van der Waals surface area contributed by atoms with Crippen molar-refractivity contribution in [1.29, 1.82) is 0 Å². The lowest BCUT2D eigenvalue weighted by Gasteiger charge is -2.18. The van der Waals surface area contributed by atoms with Crippen molar-refractivity contribution >= 4 is 0 Å². The third kappa shape index (κ3) is 4.43. The van der Waals surface area contributed by atoms with Crippen LogP contribution in [0.3, 0.4) is 0 Å². The van der Waals surface area contributed by atoms with E-state index in [2.05, 4.69) is 34.3 Å². The molecule has 0 aliphatic carbocycles. The molecule has 1 unspecified atom stereocenters. The Hall–Kier alpha value is -2.14. The van der Waals surface area contributed by atoms with E-state index < -0.39 is 0 Å². The lowest BCUT2D eigenvalue weighted by molar-refractivity contribution is 0.340. The van der Waals surface area contributed by atoms with Crippen molar-refractivity contribution in [1.82, 2.24) is 15.3 Å². The van der Waals surface area contributed by atoms with Gasteiger partial charge in [-0.15, -0.1) is 0 Å². The molecule has 1 heterocycles. The van der Waals surface area contributed by atoms with Crippen LogP contribution in [0.4, 0.5) is 0 Å². The number of ether oxygens (including phenoxy) is 2. The van der Waals surface area contributed by atoms with Gasteiger partial charge in [-0.1, -0.05) is 19.1 Å². The Morgan fingerprint density at radius 1 is 1.09 bits per heavy atom. The second kappa shape index (κ2) is 8.34. The van der Waals surface area contributed by atoms with Crippen LogP contribution in [0, 0.1) is 0 Å². The van der Waals surface area contributed by atoms with E-state index >= 15 is 0 Å². The monoisotopic (exact) mass is 301 g/mol. The quantitative estimate of drug-likeness (QED) is 0.812. The van der Waals surface area contributed by atoms with Gasteiger partial charge in [-0.05, 0) is 31.0 Å². The molecule has 0 bridgehead atoms. The summed E-state index contributed by atoms with van der Waals surface area (Å²) in [7, 11) is 1.56. The van der Waals surface area contributed by atoms with Crippen LogP contribution in [0.2, 0.25) is 0 Å². The number of hydrogen-bond acceptors (Lipinski definition) is 5. The minimum absolute atomic E-state index is 0.290. The van der Waals surface area contributed by atoms with Gasteiger partial charge in [-0.25, -0.2) is 9.97 Å². The van der Waals surface area contributed by atoms with Crippen molar-refractivity contribution < 1.29 is 9.47 Å². The molecule has 0 saturated carbocycles. The van der Waals surface area contributed by atoms with Crippen molar-refractivity contribution in [3.63, 3.8) is 0 Å². The summed E-state index contributed by atoms with van der Waals surface area (Å²) in [5.41, 5.74) is 2.28. The van der Waals surface area contributed by atoms with Gasteiger partial charge in [0.25, 0.3) is 0 Å². The zero-order valence-corrected chi connectivity index (χ0v) is 13.4. The van der Waals surface area contributed by atoms with E-state index in [9.17, 15) is 0 Å². The molecule has 0 fully saturated rings. The zero-order valence-electron chi connectivity index (χ0n) is 13.4. The molecule has 118 valence electrons. The number of nitrogens with one attached hydrogen (secondary N) is 1. The van der Waals surface area contributed by atoms with E-state index in [1.54, 1.807) is 19.5 Å². The normalized spacial score (nSPS) is 12.0. The number of methoxy groups -OCH3 is 1. The Balaban J connectivity index is 1.95. The number of nitrogens with zero attached hydrogens (tertiary/aromatic N) is 2. The van der Waals surface area contributed by atoms with Gasteiger partial charge >= 0.3 is 6.01 Å². The Kier molecular flexibility index (Phi) is 6.15. The van der Waals surface area contributed by atoms with Gasteiger partial charge in [-0.2, -0.15) is 0 Å². The molecule has 0 radical (unpaired) electrons. The maximum Gasteiger partial charge on any atom is 0.316 e. The maximum atomic E-state index is 5.48. The maximum absolute atomic E-state index is 5.48. The molecule has 0 saturated heterocycles. The summed E-state index contributed by atoms with van der Waals surface area (Å²) in [6, 6.07) is 8.92. The predicted octanol–water partition coefficient (Wildman–Crippen LogP) is 3.12. The van der Waals surface area contributed by atoms with Crippen molar-refractivity contribution in [2.24, 2.45) is 0 Å². The van der Waals surface area contributed by atoms with E-state index in [-0.39, 0.29) is 6.04 Å². The summed E-state index contributed by atoms with van der Waals surface area (Å²) in [5.74, 6) is 0.907. The molecule has 5 nitrogen and oxygen atoms in total. The highest BCUT2D eigenvalue weighted by Crippen LogP contribution is 2.20. The second-order valence-electron chi connectivity index (χ2n) is 4.92. The largest absolute Gasteiger partial charge is 0.494 e. The van der Waals surface area contributed by atoms with Crippen LogP contribution in [0.15, 0.2) is 36.7 Å². The van der Waals surface area contributed by atoms with E-state index in [0.717, 1.165) is 24.3 Å². The fraction of sp³-hybridized carbons (Fsp3) is 0.412. The number of aromatic nitrogens is 2. The zero-order chi connectivity index (χ0) is 15.8.